The molecule has 1 N–H and O–H groups in total. The number of nitrogens with one attached hydrogen (secondary N) is 1. The second-order valence-corrected chi connectivity index (χ2v) is 5.54. The maximum atomic E-state index is 12.3. The van der Waals surface area contributed by atoms with Crippen LogP contribution in [0.3, 0.4) is 0 Å². The van der Waals surface area contributed by atoms with E-state index in [-0.39, 0.29) is 5.91 Å². The van der Waals surface area contributed by atoms with Gasteiger partial charge >= 0.3 is 5.97 Å². The van der Waals surface area contributed by atoms with E-state index in [2.05, 4.69) is 5.32 Å². The second-order valence-electron chi connectivity index (χ2n) is 5.11. The van der Waals surface area contributed by atoms with Gasteiger partial charge in [-0.15, -0.1) is 0 Å². The molecule has 0 fully saturated rings. The highest BCUT2D eigenvalue weighted by Gasteiger charge is 2.22. The SMILES string of the molecule is COC(=O)[C@H](Cc1ccc(OC)cc1)NC(=O)c1ccc(Cl)cc1. The molecule has 0 aromatic heterocycles. The van der Waals surface area contributed by atoms with Gasteiger partial charge in [0.25, 0.3) is 5.91 Å². The van der Waals surface area contributed by atoms with Gasteiger partial charge in [-0.05, 0) is 42.0 Å². The summed E-state index contributed by atoms with van der Waals surface area (Å²) in [6.07, 6.45) is 0.315. The van der Waals surface area contributed by atoms with Crippen LogP contribution in [0, 0.1) is 0 Å². The summed E-state index contributed by atoms with van der Waals surface area (Å²) in [4.78, 5) is 24.3. The zero-order valence-corrected chi connectivity index (χ0v) is 14.2. The van der Waals surface area contributed by atoms with Crippen LogP contribution in [0.2, 0.25) is 5.02 Å². The molecule has 0 aliphatic rings. The Morgan fingerprint density at radius 1 is 1.04 bits per heavy atom. The summed E-state index contributed by atoms with van der Waals surface area (Å²) in [7, 11) is 2.87. The molecule has 1 atom stereocenters. The molecule has 0 heterocycles. The van der Waals surface area contributed by atoms with Crippen LogP contribution >= 0.6 is 11.6 Å². The molecule has 24 heavy (non-hydrogen) atoms. The topological polar surface area (TPSA) is 64.6 Å². The molecule has 2 aromatic rings. The third-order valence-corrected chi connectivity index (χ3v) is 3.75. The number of hydrogen-bond donors (Lipinski definition) is 1. The van der Waals surface area contributed by atoms with E-state index in [9.17, 15) is 9.59 Å². The van der Waals surface area contributed by atoms with Gasteiger partial charge in [0, 0.05) is 17.0 Å². The fraction of sp³-hybridized carbons (Fsp3) is 0.222. The van der Waals surface area contributed by atoms with E-state index < -0.39 is 12.0 Å². The predicted octanol–water partition coefficient (Wildman–Crippen LogP) is 2.86. The fourth-order valence-corrected chi connectivity index (χ4v) is 2.30. The number of esters is 1. The summed E-state index contributed by atoms with van der Waals surface area (Å²) in [6.45, 7) is 0. The van der Waals surface area contributed by atoms with Gasteiger partial charge in [-0.1, -0.05) is 23.7 Å². The highest BCUT2D eigenvalue weighted by molar-refractivity contribution is 6.30. The Hall–Kier alpha value is -2.53. The van der Waals surface area contributed by atoms with Crippen LogP contribution in [0.15, 0.2) is 48.5 Å². The van der Waals surface area contributed by atoms with Crippen LogP contribution in [0.1, 0.15) is 15.9 Å². The second kappa shape index (κ2) is 8.36. The highest BCUT2D eigenvalue weighted by Crippen LogP contribution is 2.14. The van der Waals surface area contributed by atoms with Gasteiger partial charge in [0.05, 0.1) is 14.2 Å². The quantitative estimate of drug-likeness (QED) is 0.816. The monoisotopic (exact) mass is 347 g/mol. The summed E-state index contributed by atoms with van der Waals surface area (Å²) >= 11 is 5.81. The van der Waals surface area contributed by atoms with E-state index in [0.29, 0.717) is 17.0 Å². The van der Waals surface area contributed by atoms with Crippen LogP contribution in [-0.2, 0) is 16.0 Å². The van der Waals surface area contributed by atoms with E-state index in [0.717, 1.165) is 11.3 Å². The summed E-state index contributed by atoms with van der Waals surface area (Å²) in [5, 5.41) is 3.23. The number of ether oxygens (including phenoxy) is 2. The molecule has 0 aliphatic heterocycles. The molecular formula is C18H18ClNO4. The van der Waals surface area contributed by atoms with Gasteiger partial charge < -0.3 is 14.8 Å². The minimum atomic E-state index is -0.786. The summed E-state index contributed by atoms with van der Waals surface area (Å²) in [5.74, 6) is -0.151. The zero-order valence-electron chi connectivity index (χ0n) is 13.4. The Morgan fingerprint density at radius 2 is 1.67 bits per heavy atom. The van der Waals surface area contributed by atoms with Crippen LogP contribution in [-0.4, -0.2) is 32.1 Å². The molecule has 0 radical (unpaired) electrons. The van der Waals surface area contributed by atoms with Crippen molar-refractivity contribution in [3.05, 3.63) is 64.7 Å². The number of halogens is 1. The van der Waals surface area contributed by atoms with Gasteiger partial charge in [0.1, 0.15) is 11.8 Å². The maximum absolute atomic E-state index is 12.3. The first-order valence-corrected chi connectivity index (χ1v) is 7.68. The van der Waals surface area contributed by atoms with Crippen molar-refractivity contribution in [3.8, 4) is 5.75 Å². The Bertz CT molecular complexity index is 698. The van der Waals surface area contributed by atoms with Gasteiger partial charge in [-0.2, -0.15) is 0 Å². The van der Waals surface area contributed by atoms with E-state index in [1.165, 1.54) is 7.11 Å². The number of methoxy groups -OCH3 is 2. The predicted molar refractivity (Wildman–Crippen MR) is 91.4 cm³/mol. The van der Waals surface area contributed by atoms with Gasteiger partial charge in [0.2, 0.25) is 0 Å². The van der Waals surface area contributed by atoms with Crippen molar-refractivity contribution in [1.29, 1.82) is 0 Å². The first kappa shape index (κ1) is 17.8. The normalized spacial score (nSPS) is 11.5. The lowest BCUT2D eigenvalue weighted by Crippen LogP contribution is -2.43. The summed E-state index contributed by atoms with van der Waals surface area (Å²) in [6, 6.07) is 12.9. The van der Waals surface area contributed by atoms with E-state index >= 15 is 0 Å². The summed E-state index contributed by atoms with van der Waals surface area (Å²) in [5.41, 5.74) is 1.30. The van der Waals surface area contributed by atoms with Crippen molar-refractivity contribution in [1.82, 2.24) is 5.32 Å². The van der Waals surface area contributed by atoms with Crippen LogP contribution in [0.25, 0.3) is 0 Å². The van der Waals surface area contributed by atoms with E-state index in [4.69, 9.17) is 21.1 Å². The van der Waals surface area contributed by atoms with Gasteiger partial charge in [-0.25, -0.2) is 4.79 Å². The third-order valence-electron chi connectivity index (χ3n) is 3.50. The molecule has 0 bridgehead atoms. The van der Waals surface area contributed by atoms with Crippen LogP contribution in [0.4, 0.5) is 0 Å². The zero-order chi connectivity index (χ0) is 17.5. The number of rotatable bonds is 6. The number of amides is 1. The average Bonchev–Trinajstić information content (AvgIpc) is 2.61. The maximum Gasteiger partial charge on any atom is 0.328 e. The molecule has 5 nitrogen and oxygen atoms in total. The van der Waals surface area contributed by atoms with Gasteiger partial charge in [-0.3, -0.25) is 4.79 Å². The van der Waals surface area contributed by atoms with Crippen LogP contribution < -0.4 is 10.1 Å². The Balaban J connectivity index is 2.11. The lowest BCUT2D eigenvalue weighted by atomic mass is 10.1. The molecule has 0 unspecified atom stereocenters. The lowest BCUT2D eigenvalue weighted by Gasteiger charge is -2.17. The smallest absolute Gasteiger partial charge is 0.328 e. The van der Waals surface area contributed by atoms with Crippen molar-refractivity contribution in [2.24, 2.45) is 0 Å². The lowest BCUT2D eigenvalue weighted by molar-refractivity contribution is -0.142. The molecule has 6 heteroatoms. The molecule has 126 valence electrons. The largest absolute Gasteiger partial charge is 0.497 e. The standard InChI is InChI=1S/C18H18ClNO4/c1-23-15-9-3-12(4-10-15)11-16(18(22)24-2)20-17(21)13-5-7-14(19)8-6-13/h3-10,16H,11H2,1-2H3,(H,20,21)/t16-/m0/s1. The van der Waals surface area contributed by atoms with E-state index in [1.54, 1.807) is 43.5 Å². The molecule has 1 amide bonds. The minimum absolute atomic E-state index is 0.315. The van der Waals surface area contributed by atoms with Crippen LogP contribution in [0.5, 0.6) is 5.75 Å². The number of benzene rings is 2. The van der Waals surface area contributed by atoms with E-state index in [1.807, 2.05) is 12.1 Å². The number of carbonyl (C=O) groups excluding carboxylic acids is 2. The fourth-order valence-electron chi connectivity index (χ4n) is 2.18. The number of hydrogen-bond acceptors (Lipinski definition) is 4. The molecule has 0 aliphatic carbocycles. The Kier molecular flexibility index (Phi) is 6.21. The van der Waals surface area contributed by atoms with Crippen molar-refractivity contribution in [2.75, 3.05) is 14.2 Å². The van der Waals surface area contributed by atoms with Crippen molar-refractivity contribution >= 4 is 23.5 Å². The molecule has 0 saturated carbocycles. The third kappa shape index (κ3) is 4.73. The first-order chi connectivity index (χ1) is 11.5. The Labute approximate surface area is 145 Å². The van der Waals surface area contributed by atoms with Crippen molar-refractivity contribution in [2.45, 2.75) is 12.5 Å². The number of carbonyl (C=O) groups is 2. The van der Waals surface area contributed by atoms with Crippen molar-refractivity contribution in [3.63, 3.8) is 0 Å². The highest BCUT2D eigenvalue weighted by atomic mass is 35.5. The van der Waals surface area contributed by atoms with Gasteiger partial charge in [0.15, 0.2) is 0 Å². The van der Waals surface area contributed by atoms with Crippen molar-refractivity contribution < 1.29 is 19.1 Å². The molecule has 2 aromatic carbocycles. The first-order valence-electron chi connectivity index (χ1n) is 7.30. The molecule has 0 spiro atoms. The molecule has 0 saturated heterocycles. The Morgan fingerprint density at radius 3 is 2.21 bits per heavy atom. The summed E-state index contributed by atoms with van der Waals surface area (Å²) < 4.78 is 9.89. The average molecular weight is 348 g/mol. The molecule has 2 rings (SSSR count). The minimum Gasteiger partial charge on any atom is -0.497 e. The molecular weight excluding hydrogens is 330 g/mol.